The van der Waals surface area contributed by atoms with Gasteiger partial charge in [0.15, 0.2) is 0 Å². The molecule has 2 amide bonds. The topological polar surface area (TPSA) is 75.7 Å². The fourth-order valence-electron chi connectivity index (χ4n) is 6.98. The molecule has 0 aromatic rings. The van der Waals surface area contributed by atoms with Crippen molar-refractivity contribution in [3.8, 4) is 0 Å². The Bertz CT molecular complexity index is 603. The third-order valence-corrected chi connectivity index (χ3v) is 7.79. The number of nitrogens with one attached hydrogen (secondary N) is 1. The summed E-state index contributed by atoms with van der Waals surface area (Å²) in [5.74, 6) is 2.17. The van der Waals surface area contributed by atoms with Crippen LogP contribution in [0.2, 0.25) is 0 Å². The predicted octanol–water partition coefficient (Wildman–Crippen LogP) is 2.51. The number of hydrogen-bond donors (Lipinski definition) is 1. The van der Waals surface area contributed by atoms with Crippen LogP contribution in [-0.2, 0) is 19.1 Å². The number of rotatable bonds is 5. The number of hydrogen-bond acceptors (Lipinski definition) is 4. The highest BCUT2D eigenvalue weighted by molar-refractivity contribution is 5.87. The molecule has 4 bridgehead atoms. The Balaban J connectivity index is 1.27. The van der Waals surface area contributed by atoms with Gasteiger partial charge in [0.1, 0.15) is 6.04 Å². The van der Waals surface area contributed by atoms with Crippen molar-refractivity contribution in [3.63, 3.8) is 0 Å². The molecule has 156 valence electrons. The molecule has 0 aromatic heterocycles. The van der Waals surface area contributed by atoms with Crippen molar-refractivity contribution in [2.45, 2.75) is 70.8 Å². The molecule has 6 nitrogen and oxygen atoms in total. The zero-order valence-corrected chi connectivity index (χ0v) is 17.2. The Labute approximate surface area is 167 Å². The quantitative estimate of drug-likeness (QED) is 0.732. The number of ether oxygens (including phenoxy) is 1. The fraction of sp³-hybridized carbons (Fsp3) is 0.864. The molecule has 5 rings (SSSR count). The van der Waals surface area contributed by atoms with E-state index >= 15 is 0 Å². The first-order valence-electron chi connectivity index (χ1n) is 11.0. The summed E-state index contributed by atoms with van der Waals surface area (Å²) in [4.78, 5) is 38.9. The number of amides is 2. The molecule has 1 N–H and O–H groups in total. The molecule has 0 unspecified atom stereocenters. The molecule has 6 heteroatoms. The summed E-state index contributed by atoms with van der Waals surface area (Å²) >= 11 is 0. The summed E-state index contributed by atoms with van der Waals surface area (Å²) in [6, 6.07) is -0.504. The minimum Gasteiger partial charge on any atom is -0.469 e. The summed E-state index contributed by atoms with van der Waals surface area (Å²) in [6.45, 7) is 2.88. The number of carbonyl (C=O) groups is 3. The van der Waals surface area contributed by atoms with Gasteiger partial charge < -0.3 is 15.0 Å². The number of carbonyl (C=O) groups excluding carboxylic acids is 3. The van der Waals surface area contributed by atoms with E-state index in [9.17, 15) is 14.4 Å². The Morgan fingerprint density at radius 3 is 2.07 bits per heavy atom. The van der Waals surface area contributed by atoms with Crippen LogP contribution in [0.25, 0.3) is 0 Å². The molecule has 1 heterocycles. The van der Waals surface area contributed by atoms with E-state index in [-0.39, 0.29) is 29.1 Å². The van der Waals surface area contributed by atoms with Gasteiger partial charge in [0.25, 0.3) is 0 Å². The van der Waals surface area contributed by atoms with Gasteiger partial charge >= 0.3 is 5.97 Å². The zero-order chi connectivity index (χ0) is 19.9. The summed E-state index contributed by atoms with van der Waals surface area (Å²) in [7, 11) is 1.40. The molecule has 28 heavy (non-hydrogen) atoms. The van der Waals surface area contributed by atoms with Gasteiger partial charge in [0.05, 0.1) is 13.0 Å². The second-order valence-electron chi connectivity index (χ2n) is 10.0. The van der Waals surface area contributed by atoms with Crippen molar-refractivity contribution in [1.29, 1.82) is 0 Å². The lowest BCUT2D eigenvalue weighted by Crippen LogP contribution is -2.52. The van der Waals surface area contributed by atoms with E-state index in [1.165, 1.54) is 45.6 Å². The second kappa shape index (κ2) is 7.68. The Kier molecular flexibility index (Phi) is 5.41. The predicted molar refractivity (Wildman–Crippen MR) is 104 cm³/mol. The lowest BCUT2D eigenvalue weighted by atomic mass is 9.49. The Morgan fingerprint density at radius 2 is 1.57 bits per heavy atom. The second-order valence-corrected chi connectivity index (χ2v) is 10.0. The molecule has 1 atom stereocenters. The van der Waals surface area contributed by atoms with Crippen LogP contribution in [0.4, 0.5) is 0 Å². The van der Waals surface area contributed by atoms with E-state index in [2.05, 4.69) is 5.32 Å². The van der Waals surface area contributed by atoms with Gasteiger partial charge in [-0.05, 0) is 81.5 Å². The summed E-state index contributed by atoms with van der Waals surface area (Å²) in [6.07, 6.45) is 9.57. The number of methoxy groups -OCH3 is 1. The molecule has 0 spiro atoms. The van der Waals surface area contributed by atoms with Crippen molar-refractivity contribution < 1.29 is 19.1 Å². The maximum absolute atomic E-state index is 12.8. The molecule has 0 radical (unpaired) electrons. The maximum atomic E-state index is 12.8. The SMILES string of the molecule is COC(=O)C1CCN(C(=O)[C@@H](C)NC(=O)CC23CC4CC(CC(C4)C2)C3)CC1. The van der Waals surface area contributed by atoms with Crippen LogP contribution in [0.15, 0.2) is 0 Å². The Morgan fingerprint density at radius 1 is 1.04 bits per heavy atom. The minimum atomic E-state index is -0.504. The molecule has 5 aliphatic rings. The number of nitrogens with zero attached hydrogens (tertiary/aromatic N) is 1. The smallest absolute Gasteiger partial charge is 0.308 e. The zero-order valence-electron chi connectivity index (χ0n) is 17.2. The van der Waals surface area contributed by atoms with Crippen LogP contribution in [0, 0.1) is 29.1 Å². The molecular weight excluding hydrogens is 356 g/mol. The largest absolute Gasteiger partial charge is 0.469 e. The third kappa shape index (κ3) is 3.92. The van der Waals surface area contributed by atoms with Crippen LogP contribution in [0.1, 0.15) is 64.7 Å². The van der Waals surface area contributed by atoms with Gasteiger partial charge in [-0.3, -0.25) is 14.4 Å². The number of likely N-dealkylation sites (tertiary alicyclic amines) is 1. The van der Waals surface area contributed by atoms with Crippen molar-refractivity contribution in [1.82, 2.24) is 10.2 Å². The minimum absolute atomic E-state index is 0.0345. The van der Waals surface area contributed by atoms with Gasteiger partial charge in [-0.2, -0.15) is 0 Å². The van der Waals surface area contributed by atoms with E-state index in [1.54, 1.807) is 11.8 Å². The summed E-state index contributed by atoms with van der Waals surface area (Å²) in [5.41, 5.74) is 0.195. The van der Waals surface area contributed by atoms with E-state index in [1.807, 2.05) is 0 Å². The standard InChI is InChI=1S/C22H34N2O4/c1-14(20(26)24-5-3-18(4-6-24)21(27)28-2)23-19(25)13-22-10-15-7-16(11-22)9-17(8-15)12-22/h14-18H,3-13H2,1-2H3,(H,23,25)/t14-,15?,16?,17?,22?/m1/s1. The first kappa shape index (κ1) is 19.7. The molecule has 4 saturated carbocycles. The fourth-order valence-corrected chi connectivity index (χ4v) is 6.98. The lowest BCUT2D eigenvalue weighted by molar-refractivity contribution is -0.149. The molecule has 0 aromatic carbocycles. The van der Waals surface area contributed by atoms with Crippen molar-refractivity contribution in [3.05, 3.63) is 0 Å². The average Bonchev–Trinajstić information content (AvgIpc) is 2.65. The highest BCUT2D eigenvalue weighted by Gasteiger charge is 2.51. The maximum Gasteiger partial charge on any atom is 0.308 e. The monoisotopic (exact) mass is 390 g/mol. The van der Waals surface area contributed by atoms with Gasteiger partial charge in [0, 0.05) is 19.5 Å². The van der Waals surface area contributed by atoms with Crippen molar-refractivity contribution in [2.24, 2.45) is 29.1 Å². The first-order chi connectivity index (χ1) is 13.4. The third-order valence-electron chi connectivity index (χ3n) is 7.79. The van der Waals surface area contributed by atoms with Crippen LogP contribution in [-0.4, -0.2) is 48.9 Å². The van der Waals surface area contributed by atoms with Gasteiger partial charge in [0.2, 0.25) is 11.8 Å². The van der Waals surface area contributed by atoms with Gasteiger partial charge in [-0.1, -0.05) is 0 Å². The summed E-state index contributed by atoms with van der Waals surface area (Å²) < 4.78 is 4.80. The van der Waals surface area contributed by atoms with Crippen LogP contribution < -0.4 is 5.32 Å². The molecule has 5 fully saturated rings. The van der Waals surface area contributed by atoms with Gasteiger partial charge in [-0.15, -0.1) is 0 Å². The highest BCUT2D eigenvalue weighted by atomic mass is 16.5. The van der Waals surface area contributed by atoms with E-state index in [0.717, 1.165) is 17.8 Å². The van der Waals surface area contributed by atoms with E-state index < -0.39 is 6.04 Å². The number of piperidine rings is 1. The summed E-state index contributed by atoms with van der Waals surface area (Å²) in [5, 5.41) is 2.98. The van der Waals surface area contributed by atoms with Crippen LogP contribution in [0.3, 0.4) is 0 Å². The Hall–Kier alpha value is -1.59. The highest BCUT2D eigenvalue weighted by Crippen LogP contribution is 2.61. The number of esters is 1. The molecule has 4 aliphatic carbocycles. The average molecular weight is 391 g/mol. The van der Waals surface area contributed by atoms with E-state index in [4.69, 9.17) is 4.74 Å². The molecule has 1 aliphatic heterocycles. The van der Waals surface area contributed by atoms with Crippen LogP contribution in [0.5, 0.6) is 0 Å². The van der Waals surface area contributed by atoms with Crippen LogP contribution >= 0.6 is 0 Å². The van der Waals surface area contributed by atoms with E-state index in [0.29, 0.717) is 32.4 Å². The molecular formula is C22H34N2O4. The van der Waals surface area contributed by atoms with Crippen molar-refractivity contribution in [2.75, 3.05) is 20.2 Å². The lowest BCUT2D eigenvalue weighted by Gasteiger charge is -2.56. The van der Waals surface area contributed by atoms with Gasteiger partial charge in [-0.25, -0.2) is 0 Å². The van der Waals surface area contributed by atoms with Crippen molar-refractivity contribution >= 4 is 17.8 Å². The first-order valence-corrected chi connectivity index (χ1v) is 11.0. The molecule has 1 saturated heterocycles. The normalized spacial score (nSPS) is 35.5.